The Hall–Kier alpha value is -0.520. The molecule has 2 rings (SSSR count). The molecule has 20 heavy (non-hydrogen) atoms. The number of esters is 1. The van der Waals surface area contributed by atoms with Crippen molar-refractivity contribution in [3.05, 3.63) is 33.8 Å². The first-order valence-electron chi connectivity index (χ1n) is 6.73. The van der Waals surface area contributed by atoms with Gasteiger partial charge >= 0.3 is 5.97 Å². The average molecular weight is 358 g/mol. The number of hydrogen-bond acceptors (Lipinski definition) is 4. The standard InChI is InChI=1S/C15H20BrNO2S/c1-19-14(18)11-4-5-12(13(16)8-11)9-17-10-15(20-2)6-3-7-15/h4-5,8,17H,3,6-7,9-10H2,1-2H3. The average Bonchev–Trinajstić information content (AvgIpc) is 2.42. The van der Waals surface area contributed by atoms with Crippen molar-refractivity contribution in [3.63, 3.8) is 0 Å². The highest BCUT2D eigenvalue weighted by atomic mass is 79.9. The van der Waals surface area contributed by atoms with Crippen molar-refractivity contribution in [3.8, 4) is 0 Å². The summed E-state index contributed by atoms with van der Waals surface area (Å²) >= 11 is 5.49. The summed E-state index contributed by atoms with van der Waals surface area (Å²) in [5.74, 6) is -0.305. The lowest BCUT2D eigenvalue weighted by Gasteiger charge is -2.40. The maximum Gasteiger partial charge on any atom is 0.337 e. The molecule has 1 aromatic rings. The van der Waals surface area contributed by atoms with Crippen LogP contribution in [0.1, 0.15) is 35.2 Å². The van der Waals surface area contributed by atoms with E-state index in [1.54, 1.807) is 6.07 Å². The minimum atomic E-state index is -0.305. The second kappa shape index (κ2) is 6.96. The summed E-state index contributed by atoms with van der Waals surface area (Å²) in [5.41, 5.74) is 1.73. The second-order valence-electron chi connectivity index (χ2n) is 5.14. The number of ether oxygens (including phenoxy) is 1. The summed E-state index contributed by atoms with van der Waals surface area (Å²) in [6.45, 7) is 1.85. The molecule has 0 heterocycles. The first-order valence-corrected chi connectivity index (χ1v) is 8.74. The molecular formula is C15H20BrNO2S. The smallest absolute Gasteiger partial charge is 0.337 e. The van der Waals surface area contributed by atoms with Gasteiger partial charge in [0, 0.05) is 22.3 Å². The molecule has 0 amide bonds. The SMILES string of the molecule is COC(=O)c1ccc(CNCC2(SC)CCC2)c(Br)c1. The molecule has 1 N–H and O–H groups in total. The number of benzene rings is 1. The van der Waals surface area contributed by atoms with E-state index in [-0.39, 0.29) is 5.97 Å². The van der Waals surface area contributed by atoms with E-state index >= 15 is 0 Å². The van der Waals surface area contributed by atoms with Crippen molar-refractivity contribution < 1.29 is 9.53 Å². The van der Waals surface area contributed by atoms with Crippen molar-refractivity contribution in [1.82, 2.24) is 5.32 Å². The highest BCUT2D eigenvalue weighted by Gasteiger charge is 2.35. The molecule has 1 saturated carbocycles. The van der Waals surface area contributed by atoms with E-state index in [4.69, 9.17) is 4.74 Å². The van der Waals surface area contributed by atoms with Crippen LogP contribution in [0.25, 0.3) is 0 Å². The van der Waals surface area contributed by atoms with Crippen LogP contribution in [0.4, 0.5) is 0 Å². The van der Waals surface area contributed by atoms with Gasteiger partial charge in [0.1, 0.15) is 0 Å². The fraction of sp³-hybridized carbons (Fsp3) is 0.533. The van der Waals surface area contributed by atoms with Gasteiger partial charge in [0.15, 0.2) is 0 Å². The van der Waals surface area contributed by atoms with Crippen molar-refractivity contribution in [2.24, 2.45) is 0 Å². The molecule has 0 unspecified atom stereocenters. The van der Waals surface area contributed by atoms with Crippen molar-refractivity contribution in [1.29, 1.82) is 0 Å². The minimum absolute atomic E-state index is 0.305. The summed E-state index contributed by atoms with van der Waals surface area (Å²) in [7, 11) is 1.40. The summed E-state index contributed by atoms with van der Waals surface area (Å²) in [6, 6.07) is 5.59. The predicted molar refractivity (Wildman–Crippen MR) is 87.3 cm³/mol. The lowest BCUT2D eigenvalue weighted by atomic mass is 9.84. The van der Waals surface area contributed by atoms with Gasteiger partial charge in [0.05, 0.1) is 12.7 Å². The Morgan fingerprint density at radius 2 is 2.25 bits per heavy atom. The first-order chi connectivity index (χ1) is 9.60. The Balaban J connectivity index is 1.91. The third-order valence-electron chi connectivity index (χ3n) is 3.93. The molecule has 110 valence electrons. The Morgan fingerprint density at radius 1 is 1.50 bits per heavy atom. The van der Waals surface area contributed by atoms with Gasteiger partial charge in [-0.2, -0.15) is 11.8 Å². The Morgan fingerprint density at radius 3 is 2.75 bits per heavy atom. The molecule has 5 heteroatoms. The van der Waals surface area contributed by atoms with Crippen LogP contribution in [-0.4, -0.2) is 30.6 Å². The van der Waals surface area contributed by atoms with Gasteiger partial charge in [-0.15, -0.1) is 0 Å². The highest BCUT2D eigenvalue weighted by Crippen LogP contribution is 2.42. The zero-order valence-electron chi connectivity index (χ0n) is 11.9. The largest absolute Gasteiger partial charge is 0.465 e. The summed E-state index contributed by atoms with van der Waals surface area (Å²) in [6.07, 6.45) is 6.16. The van der Waals surface area contributed by atoms with Gasteiger partial charge in [0.25, 0.3) is 0 Å². The number of hydrogen-bond donors (Lipinski definition) is 1. The van der Waals surface area contributed by atoms with E-state index in [9.17, 15) is 4.79 Å². The number of halogens is 1. The molecule has 0 atom stereocenters. The normalized spacial score (nSPS) is 16.6. The number of rotatable bonds is 6. The molecule has 1 fully saturated rings. The van der Waals surface area contributed by atoms with Crippen molar-refractivity contribution in [2.75, 3.05) is 19.9 Å². The van der Waals surface area contributed by atoms with Crippen molar-refractivity contribution in [2.45, 2.75) is 30.6 Å². The molecule has 0 aliphatic heterocycles. The fourth-order valence-electron chi connectivity index (χ4n) is 2.38. The van der Waals surface area contributed by atoms with Crippen LogP contribution in [0.15, 0.2) is 22.7 Å². The van der Waals surface area contributed by atoms with Crippen LogP contribution < -0.4 is 5.32 Å². The van der Waals surface area contributed by atoms with Crippen LogP contribution in [0, 0.1) is 0 Å². The van der Waals surface area contributed by atoms with E-state index in [2.05, 4.69) is 27.5 Å². The lowest BCUT2D eigenvalue weighted by Crippen LogP contribution is -2.43. The number of nitrogens with one attached hydrogen (secondary N) is 1. The van der Waals surface area contributed by atoms with Crippen LogP contribution in [0.5, 0.6) is 0 Å². The number of thioether (sulfide) groups is 1. The Labute approximate surface area is 133 Å². The maximum absolute atomic E-state index is 11.4. The quantitative estimate of drug-likeness (QED) is 0.789. The van der Waals surface area contributed by atoms with Gasteiger partial charge < -0.3 is 10.1 Å². The maximum atomic E-state index is 11.4. The zero-order chi connectivity index (χ0) is 14.6. The second-order valence-corrected chi connectivity index (χ2v) is 7.27. The molecule has 0 saturated heterocycles. The minimum Gasteiger partial charge on any atom is -0.465 e. The predicted octanol–water partition coefficient (Wildman–Crippen LogP) is 3.61. The van der Waals surface area contributed by atoms with E-state index in [1.165, 1.54) is 26.4 Å². The molecule has 1 aromatic carbocycles. The van der Waals surface area contributed by atoms with Gasteiger partial charge in [-0.3, -0.25) is 0 Å². The topological polar surface area (TPSA) is 38.3 Å². The molecule has 0 radical (unpaired) electrons. The van der Waals surface area contributed by atoms with Gasteiger partial charge in [-0.1, -0.05) is 28.4 Å². The number of carbonyl (C=O) groups is 1. The summed E-state index contributed by atoms with van der Waals surface area (Å²) in [4.78, 5) is 11.4. The van der Waals surface area contributed by atoms with Gasteiger partial charge in [0.2, 0.25) is 0 Å². The fourth-order valence-corrected chi connectivity index (χ4v) is 3.85. The summed E-state index contributed by atoms with van der Waals surface area (Å²) in [5, 5.41) is 3.53. The molecular weight excluding hydrogens is 338 g/mol. The lowest BCUT2D eigenvalue weighted by molar-refractivity contribution is 0.0600. The van der Waals surface area contributed by atoms with Crippen LogP contribution in [0.3, 0.4) is 0 Å². The van der Waals surface area contributed by atoms with E-state index < -0.39 is 0 Å². The third kappa shape index (κ3) is 3.57. The molecule has 1 aliphatic rings. The van der Waals surface area contributed by atoms with E-state index in [0.717, 1.165) is 23.1 Å². The number of carbonyl (C=O) groups excluding carboxylic acids is 1. The van der Waals surface area contributed by atoms with E-state index in [0.29, 0.717) is 10.3 Å². The monoisotopic (exact) mass is 357 g/mol. The van der Waals surface area contributed by atoms with Gasteiger partial charge in [-0.05, 0) is 36.8 Å². The first kappa shape index (κ1) is 15.9. The Bertz CT molecular complexity index is 483. The van der Waals surface area contributed by atoms with Crippen molar-refractivity contribution >= 4 is 33.7 Å². The number of methoxy groups -OCH3 is 1. The molecule has 0 spiro atoms. The van der Waals surface area contributed by atoms with Crippen LogP contribution in [-0.2, 0) is 11.3 Å². The summed E-state index contributed by atoms with van der Waals surface area (Å²) < 4.78 is 6.10. The van der Waals surface area contributed by atoms with Gasteiger partial charge in [-0.25, -0.2) is 4.79 Å². The molecule has 0 aromatic heterocycles. The zero-order valence-corrected chi connectivity index (χ0v) is 14.3. The van der Waals surface area contributed by atoms with E-state index in [1.807, 2.05) is 23.9 Å². The molecule has 3 nitrogen and oxygen atoms in total. The Kier molecular flexibility index (Phi) is 5.52. The van der Waals surface area contributed by atoms with Crippen LogP contribution in [0.2, 0.25) is 0 Å². The molecule has 1 aliphatic carbocycles. The van der Waals surface area contributed by atoms with Crippen LogP contribution >= 0.6 is 27.7 Å². The highest BCUT2D eigenvalue weighted by molar-refractivity contribution is 9.10. The molecule has 0 bridgehead atoms. The third-order valence-corrected chi connectivity index (χ3v) is 6.09.